The van der Waals surface area contributed by atoms with Crippen molar-refractivity contribution >= 4 is 10.4 Å². The molecule has 0 bridgehead atoms. The molecule has 0 saturated heterocycles. The third-order valence-electron chi connectivity index (χ3n) is 0. The molecule has 0 amide bonds. The van der Waals surface area contributed by atoms with Crippen molar-refractivity contribution in [1.82, 2.24) is 0 Å². The Morgan fingerprint density at radius 1 is 1.14 bits per heavy atom. The fourth-order valence-electron chi connectivity index (χ4n) is 0. The Kier molecular flexibility index (Phi) is 11.5. The van der Waals surface area contributed by atoms with Crippen LogP contribution in [0.5, 0.6) is 0 Å². The number of rotatable bonds is 0. The van der Waals surface area contributed by atoms with E-state index in [2.05, 4.69) is 0 Å². The van der Waals surface area contributed by atoms with Gasteiger partial charge in [0, 0.05) is 29.9 Å². The largest absolute Gasteiger partial charge is 2.00 e. The van der Waals surface area contributed by atoms with Crippen LogP contribution in [-0.2, 0) is 46.9 Å². The van der Waals surface area contributed by atoms with E-state index in [9.17, 15) is 0 Å². The maximum atomic E-state index is 8.52. The summed E-state index contributed by atoms with van der Waals surface area (Å²) in [6, 6.07) is 0. The molecule has 7 heavy (non-hydrogen) atoms. The summed E-state index contributed by atoms with van der Waals surface area (Å²) >= 11 is 0. The molecule has 0 radical (unpaired) electrons. The average molecular weight is 217 g/mol. The van der Waals surface area contributed by atoms with Gasteiger partial charge in [0.1, 0.15) is 0 Å². The molecule has 0 aliphatic heterocycles. The van der Waals surface area contributed by atoms with Crippen molar-refractivity contribution in [2.45, 2.75) is 0 Å². The van der Waals surface area contributed by atoms with Gasteiger partial charge >= 0.3 is 17.1 Å². The first kappa shape index (κ1) is 15.7. The van der Waals surface area contributed by atoms with Crippen molar-refractivity contribution in [2.24, 2.45) is 0 Å². The summed E-state index contributed by atoms with van der Waals surface area (Å²) < 4.78 is 34.1. The van der Waals surface area contributed by atoms with Crippen molar-refractivity contribution in [2.75, 3.05) is 0 Å². The standard InChI is InChI=1S/Fe.H2O4S.Zn/c;1-5(2,3)4;/h;(H2,1,2,3,4);/q+2;;/p-2. The molecule has 0 N–H and O–H groups in total. The molecule has 0 saturated carbocycles. The monoisotopic (exact) mass is 216 g/mol. The Morgan fingerprint density at radius 2 is 1.14 bits per heavy atom. The third kappa shape index (κ3) is 172. The van der Waals surface area contributed by atoms with Crippen LogP contribution in [-0.4, -0.2) is 17.5 Å². The second-order valence-electron chi connectivity index (χ2n) is 0.408. The molecule has 40 valence electrons. The first-order chi connectivity index (χ1) is 2.00. The van der Waals surface area contributed by atoms with E-state index >= 15 is 0 Å². The summed E-state index contributed by atoms with van der Waals surface area (Å²) in [5.41, 5.74) is 0. The van der Waals surface area contributed by atoms with E-state index in [0.29, 0.717) is 0 Å². The molecule has 0 spiro atoms. The van der Waals surface area contributed by atoms with Crippen LogP contribution in [0.3, 0.4) is 0 Å². The SMILES string of the molecule is O=S(=O)([O-])[O-].[Fe+2].[Zn]. The second-order valence-corrected chi connectivity index (χ2v) is 1.22. The molecular formula is FeO4SZn. The summed E-state index contributed by atoms with van der Waals surface area (Å²) in [5, 5.41) is 0. The van der Waals surface area contributed by atoms with E-state index in [1.165, 1.54) is 0 Å². The van der Waals surface area contributed by atoms with E-state index in [0.717, 1.165) is 0 Å². The Hall–Kier alpha value is 1.01. The first-order valence-corrected chi connectivity index (χ1v) is 2.00. The van der Waals surface area contributed by atoms with Crippen molar-refractivity contribution in [3.8, 4) is 0 Å². The molecule has 4 nitrogen and oxygen atoms in total. The molecule has 0 unspecified atom stereocenters. The first-order valence-electron chi connectivity index (χ1n) is 0.667. The van der Waals surface area contributed by atoms with Crippen LogP contribution in [0.4, 0.5) is 0 Å². The van der Waals surface area contributed by atoms with Gasteiger partial charge in [0.05, 0.1) is 0 Å². The molecule has 0 aliphatic rings. The van der Waals surface area contributed by atoms with Gasteiger partial charge in [0.25, 0.3) is 0 Å². The van der Waals surface area contributed by atoms with Gasteiger partial charge in [0.15, 0.2) is 0 Å². The van der Waals surface area contributed by atoms with Gasteiger partial charge in [-0.1, -0.05) is 0 Å². The van der Waals surface area contributed by atoms with Crippen LogP contribution in [0, 0.1) is 0 Å². The fourth-order valence-corrected chi connectivity index (χ4v) is 0. The van der Waals surface area contributed by atoms with E-state index in [1.54, 1.807) is 0 Å². The van der Waals surface area contributed by atoms with Gasteiger partial charge in [-0.05, 0) is 0 Å². The molecule has 0 rings (SSSR count). The molecular weight excluding hydrogens is 217 g/mol. The van der Waals surface area contributed by atoms with Crippen molar-refractivity contribution in [3.63, 3.8) is 0 Å². The summed E-state index contributed by atoms with van der Waals surface area (Å²) in [5.74, 6) is 0. The third-order valence-corrected chi connectivity index (χ3v) is 0. The molecule has 0 fully saturated rings. The molecule has 0 aromatic heterocycles. The predicted octanol–water partition coefficient (Wildman–Crippen LogP) is -1.34. The van der Waals surface area contributed by atoms with Gasteiger partial charge in [-0.2, -0.15) is 0 Å². The second kappa shape index (κ2) is 5.16. The number of hydrogen-bond donors (Lipinski definition) is 0. The zero-order valence-electron chi connectivity index (χ0n) is 3.10. The van der Waals surface area contributed by atoms with Crippen LogP contribution in [0.2, 0.25) is 0 Å². The minimum atomic E-state index is -5.17. The zero-order valence-corrected chi connectivity index (χ0v) is 7.99. The quantitative estimate of drug-likeness (QED) is 0.286. The predicted molar refractivity (Wildman–Crippen MR) is 10.5 cm³/mol. The Morgan fingerprint density at radius 3 is 1.14 bits per heavy atom. The molecule has 0 atom stereocenters. The maximum absolute atomic E-state index is 8.52. The minimum absolute atomic E-state index is 0. The summed E-state index contributed by atoms with van der Waals surface area (Å²) in [6.07, 6.45) is 0. The summed E-state index contributed by atoms with van der Waals surface area (Å²) in [6.45, 7) is 0. The van der Waals surface area contributed by atoms with Crippen molar-refractivity contribution in [1.29, 1.82) is 0 Å². The normalized spacial score (nSPS) is 8.29. The van der Waals surface area contributed by atoms with Crippen LogP contribution in [0.25, 0.3) is 0 Å². The maximum Gasteiger partial charge on any atom is 2.00 e. The molecule has 0 aliphatic carbocycles. The van der Waals surface area contributed by atoms with E-state index in [4.69, 9.17) is 17.5 Å². The van der Waals surface area contributed by atoms with Crippen LogP contribution >= 0.6 is 0 Å². The number of hydrogen-bond acceptors (Lipinski definition) is 4. The van der Waals surface area contributed by atoms with Crippen molar-refractivity contribution < 1.29 is 54.1 Å². The van der Waals surface area contributed by atoms with Gasteiger partial charge in [-0.25, -0.2) is 0 Å². The zero-order chi connectivity index (χ0) is 4.50. The molecule has 7 heteroatoms. The minimum Gasteiger partial charge on any atom is -0.759 e. The van der Waals surface area contributed by atoms with Gasteiger partial charge in [0.2, 0.25) is 0 Å². The topological polar surface area (TPSA) is 80.3 Å². The van der Waals surface area contributed by atoms with Crippen LogP contribution in [0.1, 0.15) is 0 Å². The van der Waals surface area contributed by atoms with Gasteiger partial charge in [-0.3, -0.25) is 8.42 Å². The van der Waals surface area contributed by atoms with Gasteiger partial charge < -0.3 is 9.11 Å². The average Bonchev–Trinajstić information content (AvgIpc) is 0.722. The molecule has 0 heterocycles. The Balaban J connectivity index is -0.0000000800. The van der Waals surface area contributed by atoms with Crippen LogP contribution in [0.15, 0.2) is 0 Å². The van der Waals surface area contributed by atoms with E-state index in [1.807, 2.05) is 0 Å². The summed E-state index contributed by atoms with van der Waals surface area (Å²) in [7, 11) is -5.17. The fraction of sp³-hybridized carbons (Fsp3) is 0. The summed E-state index contributed by atoms with van der Waals surface area (Å²) in [4.78, 5) is 0. The Labute approximate surface area is 64.5 Å². The van der Waals surface area contributed by atoms with Gasteiger partial charge in [-0.15, -0.1) is 0 Å². The molecule has 0 aromatic rings. The van der Waals surface area contributed by atoms with E-state index < -0.39 is 10.4 Å². The smallest absolute Gasteiger partial charge is 0.759 e. The van der Waals surface area contributed by atoms with E-state index in [-0.39, 0.29) is 36.5 Å². The van der Waals surface area contributed by atoms with Crippen molar-refractivity contribution in [3.05, 3.63) is 0 Å². The Bertz CT molecular complexity index is 94.9. The van der Waals surface area contributed by atoms with Crippen LogP contribution < -0.4 is 0 Å². The molecule has 0 aromatic carbocycles.